The van der Waals surface area contributed by atoms with Crippen LogP contribution in [0.2, 0.25) is 0 Å². The van der Waals surface area contributed by atoms with Crippen molar-refractivity contribution in [3.63, 3.8) is 0 Å². The molecule has 1 unspecified atom stereocenters. The van der Waals surface area contributed by atoms with E-state index in [2.05, 4.69) is 192 Å². The van der Waals surface area contributed by atoms with Crippen molar-refractivity contribution in [1.82, 2.24) is 14.5 Å². The highest BCUT2D eigenvalue weighted by Crippen LogP contribution is 2.43. The van der Waals surface area contributed by atoms with Gasteiger partial charge >= 0.3 is 0 Å². The quantitative estimate of drug-likeness (QED) is 0.174. The Morgan fingerprint density at radius 2 is 1.30 bits per heavy atom. The minimum Gasteiger partial charge on any atom is -0.327 e. The average molecular weight is 719 g/mol. The van der Waals surface area contributed by atoms with E-state index in [1.54, 1.807) is 0 Å². The number of hydrogen-bond acceptors (Lipinski definition) is 3. The third-order valence-corrected chi connectivity index (χ3v) is 11.6. The summed E-state index contributed by atoms with van der Waals surface area (Å²) < 4.78 is 2.40. The minimum atomic E-state index is 0.131. The van der Waals surface area contributed by atoms with Crippen LogP contribution in [0.25, 0.3) is 71.2 Å². The van der Waals surface area contributed by atoms with Crippen LogP contribution in [0.3, 0.4) is 0 Å². The fourth-order valence-electron chi connectivity index (χ4n) is 9.03. The summed E-state index contributed by atoms with van der Waals surface area (Å²) in [6.07, 6.45) is 14.5. The highest BCUT2D eigenvalue weighted by Gasteiger charge is 2.25. The molecule has 266 valence electrons. The van der Waals surface area contributed by atoms with Gasteiger partial charge in [0, 0.05) is 50.0 Å². The van der Waals surface area contributed by atoms with Crippen LogP contribution < -0.4 is 5.32 Å². The number of fused-ring (bicyclic) bond motifs is 7. The maximum atomic E-state index is 5.41. The Hall–Kier alpha value is -7.04. The lowest BCUT2D eigenvalue weighted by Gasteiger charge is -2.26. The van der Waals surface area contributed by atoms with Crippen molar-refractivity contribution in [1.29, 1.82) is 0 Å². The molecule has 0 saturated carbocycles. The fourth-order valence-corrected chi connectivity index (χ4v) is 9.03. The van der Waals surface area contributed by atoms with Crippen LogP contribution >= 0.6 is 0 Å². The van der Waals surface area contributed by atoms with Gasteiger partial charge in [-0.15, -0.1) is 0 Å². The number of nitrogens with one attached hydrogen (secondary N) is 1. The van der Waals surface area contributed by atoms with E-state index >= 15 is 0 Å². The van der Waals surface area contributed by atoms with Crippen LogP contribution in [-0.4, -0.2) is 14.5 Å². The number of anilines is 1. The van der Waals surface area contributed by atoms with Crippen LogP contribution in [0, 0.1) is 0 Å². The Kier molecular flexibility index (Phi) is 7.73. The third kappa shape index (κ3) is 5.37. The van der Waals surface area contributed by atoms with Gasteiger partial charge in [-0.1, -0.05) is 152 Å². The first kappa shape index (κ1) is 32.4. The van der Waals surface area contributed by atoms with E-state index in [0.717, 1.165) is 57.9 Å². The van der Waals surface area contributed by atoms with Crippen molar-refractivity contribution < 1.29 is 0 Å². The van der Waals surface area contributed by atoms with Gasteiger partial charge in [0.25, 0.3) is 0 Å². The lowest BCUT2D eigenvalue weighted by Crippen LogP contribution is -2.14. The normalized spacial score (nSPS) is 15.7. The standard InChI is InChI=1S/C52H38N4/c1-3-15-35(16-4-1)40-31-30-37(41-25-14-28-48-49(41)44-24-11-12-27-47(44)56(48)38-20-5-2-6-21-38)33-46(40)53-52-54-50-42-23-10-8-18-36(42)29-32-45(50)51(55-52)43-26-13-19-34-17-7-9-22-39(34)43/h2-3,5-32,37H,1,4,33H2,(H,53,54,55). The van der Waals surface area contributed by atoms with E-state index in [1.807, 2.05) is 0 Å². The summed E-state index contributed by atoms with van der Waals surface area (Å²) >= 11 is 0. The first-order chi connectivity index (χ1) is 27.8. The van der Waals surface area contributed by atoms with Crippen molar-refractivity contribution in [2.45, 2.75) is 25.2 Å². The summed E-state index contributed by atoms with van der Waals surface area (Å²) in [6.45, 7) is 0. The summed E-state index contributed by atoms with van der Waals surface area (Å²) in [5.74, 6) is 0.740. The molecule has 0 aliphatic heterocycles. The number of aromatic nitrogens is 3. The Bertz CT molecular complexity index is 3140. The molecule has 0 radical (unpaired) electrons. The van der Waals surface area contributed by atoms with E-state index < -0.39 is 0 Å². The predicted molar refractivity (Wildman–Crippen MR) is 234 cm³/mol. The molecule has 4 nitrogen and oxygen atoms in total. The molecule has 56 heavy (non-hydrogen) atoms. The van der Waals surface area contributed by atoms with E-state index in [9.17, 15) is 0 Å². The molecule has 2 aliphatic carbocycles. The van der Waals surface area contributed by atoms with E-state index in [-0.39, 0.29) is 5.92 Å². The van der Waals surface area contributed by atoms with Gasteiger partial charge in [0.1, 0.15) is 0 Å². The largest absolute Gasteiger partial charge is 0.327 e. The Balaban J connectivity index is 1.09. The zero-order valence-corrected chi connectivity index (χ0v) is 30.9. The van der Waals surface area contributed by atoms with Crippen LogP contribution in [0.1, 0.15) is 30.7 Å². The number of rotatable bonds is 6. The third-order valence-electron chi connectivity index (χ3n) is 11.6. The van der Waals surface area contributed by atoms with Crippen LogP contribution in [-0.2, 0) is 0 Å². The van der Waals surface area contributed by atoms with Crippen LogP contribution in [0.15, 0.2) is 199 Å². The molecule has 1 N–H and O–H groups in total. The first-order valence-corrected chi connectivity index (χ1v) is 19.6. The van der Waals surface area contributed by atoms with Gasteiger partial charge in [-0.2, -0.15) is 0 Å². The number of benzene rings is 7. The van der Waals surface area contributed by atoms with Crippen molar-refractivity contribution in [2.24, 2.45) is 0 Å². The number of para-hydroxylation sites is 2. The molecule has 2 aromatic heterocycles. The highest BCUT2D eigenvalue weighted by molar-refractivity contribution is 6.13. The minimum absolute atomic E-state index is 0.131. The Morgan fingerprint density at radius 3 is 2.16 bits per heavy atom. The van der Waals surface area contributed by atoms with Crippen molar-refractivity contribution in [3.05, 3.63) is 204 Å². The second-order valence-electron chi connectivity index (χ2n) is 14.9. The second kappa shape index (κ2) is 13.4. The Labute approximate surface area is 325 Å². The second-order valence-corrected chi connectivity index (χ2v) is 14.9. The maximum absolute atomic E-state index is 5.41. The van der Waals surface area contributed by atoms with Crippen molar-refractivity contribution >= 4 is 60.2 Å². The molecule has 11 rings (SSSR count). The molecule has 0 saturated heterocycles. The highest BCUT2D eigenvalue weighted by atomic mass is 15.1. The molecule has 2 aliphatic rings. The molecule has 9 aromatic rings. The Morgan fingerprint density at radius 1 is 0.571 bits per heavy atom. The summed E-state index contributed by atoms with van der Waals surface area (Å²) in [6, 6.07) is 54.3. The van der Waals surface area contributed by atoms with Gasteiger partial charge in [-0.25, -0.2) is 9.97 Å². The van der Waals surface area contributed by atoms with Crippen molar-refractivity contribution in [2.75, 3.05) is 5.32 Å². The summed E-state index contributed by atoms with van der Waals surface area (Å²) in [4.78, 5) is 10.8. The number of hydrogen-bond donors (Lipinski definition) is 1. The maximum Gasteiger partial charge on any atom is 0.228 e. The van der Waals surface area contributed by atoms with Crippen LogP contribution in [0.5, 0.6) is 0 Å². The smallest absolute Gasteiger partial charge is 0.228 e. The summed E-state index contributed by atoms with van der Waals surface area (Å²) in [7, 11) is 0. The number of nitrogens with zero attached hydrogens (tertiary/aromatic N) is 3. The molecular formula is C52H38N4. The molecule has 0 bridgehead atoms. The fraction of sp³-hybridized carbons (Fsp3) is 0.0769. The average Bonchev–Trinajstić information content (AvgIpc) is 3.61. The van der Waals surface area contributed by atoms with Gasteiger partial charge < -0.3 is 9.88 Å². The molecule has 2 heterocycles. The van der Waals surface area contributed by atoms with E-state index in [1.165, 1.54) is 55.0 Å². The van der Waals surface area contributed by atoms with Crippen molar-refractivity contribution in [3.8, 4) is 16.9 Å². The molecule has 4 heteroatoms. The van der Waals surface area contributed by atoms with Gasteiger partial charge in [-0.3, -0.25) is 0 Å². The van der Waals surface area contributed by atoms with Gasteiger partial charge in [0.15, 0.2) is 0 Å². The zero-order valence-electron chi connectivity index (χ0n) is 30.9. The summed E-state index contributed by atoms with van der Waals surface area (Å²) in [5, 5.41) is 12.1. The van der Waals surface area contributed by atoms with E-state index in [0.29, 0.717) is 5.95 Å². The molecule has 1 atom stereocenters. The van der Waals surface area contributed by atoms with Crippen LogP contribution in [0.4, 0.5) is 5.95 Å². The predicted octanol–water partition coefficient (Wildman–Crippen LogP) is 13.4. The lowest BCUT2D eigenvalue weighted by molar-refractivity contribution is 0.811. The van der Waals surface area contributed by atoms with Gasteiger partial charge in [0.05, 0.1) is 22.2 Å². The SMILES string of the molecule is C1=CC(C2=C(Nc3nc(-c4cccc5ccccc45)c4ccc5ccccc5c4n3)CC(c3cccc4c3c3ccccc3n4-c3ccccc3)C=C2)=CCC1. The zero-order chi connectivity index (χ0) is 37.0. The molecule has 0 spiro atoms. The van der Waals surface area contributed by atoms with Gasteiger partial charge in [-0.05, 0) is 76.9 Å². The molecule has 7 aromatic carbocycles. The van der Waals surface area contributed by atoms with E-state index in [4.69, 9.17) is 9.97 Å². The van der Waals surface area contributed by atoms with Gasteiger partial charge in [0.2, 0.25) is 5.95 Å². The lowest BCUT2D eigenvalue weighted by atomic mass is 9.83. The monoisotopic (exact) mass is 718 g/mol. The topological polar surface area (TPSA) is 42.7 Å². The molecule has 0 fully saturated rings. The summed E-state index contributed by atoms with van der Waals surface area (Å²) in [5.41, 5.74) is 11.5. The first-order valence-electron chi connectivity index (χ1n) is 19.6. The number of allylic oxidation sites excluding steroid dienone is 8. The molecular weight excluding hydrogens is 681 g/mol. The molecule has 0 amide bonds.